The van der Waals surface area contributed by atoms with Crippen molar-refractivity contribution in [1.29, 1.82) is 0 Å². The van der Waals surface area contributed by atoms with Crippen molar-refractivity contribution < 1.29 is 9.59 Å². The van der Waals surface area contributed by atoms with Crippen molar-refractivity contribution in [2.45, 2.75) is 37.6 Å². The average molecular weight is 433 g/mol. The molecule has 4 nitrogen and oxygen atoms in total. The summed E-state index contributed by atoms with van der Waals surface area (Å²) in [4.78, 5) is 27.3. The van der Waals surface area contributed by atoms with E-state index in [9.17, 15) is 9.59 Å². The number of amides is 2. The Morgan fingerprint density at radius 1 is 1.14 bits per heavy atom. The highest BCUT2D eigenvalue weighted by molar-refractivity contribution is 8.24. The molecule has 1 N–H and O–H groups in total. The van der Waals surface area contributed by atoms with E-state index in [2.05, 4.69) is 5.32 Å². The van der Waals surface area contributed by atoms with Crippen molar-refractivity contribution in [3.63, 3.8) is 0 Å². The maximum absolute atomic E-state index is 13.2. The zero-order valence-corrected chi connectivity index (χ0v) is 18.0. The van der Waals surface area contributed by atoms with Crippen LogP contribution in [0.25, 0.3) is 0 Å². The van der Waals surface area contributed by atoms with Crippen LogP contribution in [-0.2, 0) is 22.6 Å². The molecule has 0 aliphatic carbocycles. The summed E-state index contributed by atoms with van der Waals surface area (Å²) in [6.07, 6.45) is 0.229. The highest BCUT2D eigenvalue weighted by atomic mass is 35.5. The fraction of sp³-hybridized carbons (Fsp3) is 0.286. The van der Waals surface area contributed by atoms with Crippen LogP contribution < -0.4 is 5.32 Å². The third kappa shape index (κ3) is 4.93. The molecule has 2 aromatic carbocycles. The zero-order chi connectivity index (χ0) is 20.3. The number of carbonyl (C=O) groups excluding carboxylic acids is 2. The van der Waals surface area contributed by atoms with Crippen molar-refractivity contribution in [2.75, 3.05) is 0 Å². The van der Waals surface area contributed by atoms with E-state index in [1.807, 2.05) is 56.3 Å². The molecule has 1 aliphatic rings. The van der Waals surface area contributed by atoms with Gasteiger partial charge in [-0.1, -0.05) is 78.0 Å². The number of nitrogens with one attached hydrogen (secondary N) is 1. The first-order valence-corrected chi connectivity index (χ1v) is 10.5. The molecule has 2 aromatic rings. The molecule has 1 aliphatic heterocycles. The van der Waals surface area contributed by atoms with Gasteiger partial charge in [0.2, 0.25) is 5.91 Å². The van der Waals surface area contributed by atoms with Crippen molar-refractivity contribution in [2.24, 2.45) is 0 Å². The van der Waals surface area contributed by atoms with E-state index in [-0.39, 0.29) is 18.2 Å². The molecule has 1 unspecified atom stereocenters. The molecule has 1 fully saturated rings. The quantitative estimate of drug-likeness (QED) is 0.719. The minimum Gasteiger partial charge on any atom is -0.343 e. The number of thiocarbonyl (C=S) groups is 1. The van der Waals surface area contributed by atoms with Gasteiger partial charge in [-0.25, -0.2) is 0 Å². The van der Waals surface area contributed by atoms with Crippen LogP contribution in [0.1, 0.15) is 25.0 Å². The molecular weight excluding hydrogens is 412 g/mol. The van der Waals surface area contributed by atoms with Gasteiger partial charge in [0.15, 0.2) is 0 Å². The van der Waals surface area contributed by atoms with E-state index >= 15 is 0 Å². The molecule has 3 rings (SSSR count). The van der Waals surface area contributed by atoms with Crippen molar-refractivity contribution >= 4 is 51.7 Å². The Kier molecular flexibility index (Phi) is 6.43. The average Bonchev–Trinajstić information content (AvgIpc) is 2.64. The predicted molar refractivity (Wildman–Crippen MR) is 118 cm³/mol. The summed E-state index contributed by atoms with van der Waals surface area (Å²) in [5.41, 5.74) is 1.83. The summed E-state index contributed by atoms with van der Waals surface area (Å²) in [5.74, 6) is -0.373. The van der Waals surface area contributed by atoms with E-state index in [0.29, 0.717) is 15.9 Å². The van der Waals surface area contributed by atoms with E-state index < -0.39 is 10.8 Å². The molecule has 1 atom stereocenters. The molecular formula is C21H21ClN2O2S2. The lowest BCUT2D eigenvalue weighted by Gasteiger charge is -2.42. The van der Waals surface area contributed by atoms with Gasteiger partial charge in [-0.15, -0.1) is 0 Å². The molecule has 28 heavy (non-hydrogen) atoms. The minimum atomic E-state index is -0.660. The number of nitrogens with zero attached hydrogens (tertiary/aromatic N) is 1. The number of carbonyl (C=O) groups is 2. The number of thioether (sulfide) groups is 1. The van der Waals surface area contributed by atoms with Gasteiger partial charge >= 0.3 is 0 Å². The largest absolute Gasteiger partial charge is 0.343 e. The van der Waals surface area contributed by atoms with E-state index in [1.165, 1.54) is 11.8 Å². The smallest absolute Gasteiger partial charge is 0.252 e. The second-order valence-corrected chi connectivity index (χ2v) is 9.91. The summed E-state index contributed by atoms with van der Waals surface area (Å²) in [6.45, 7) is 4.20. The number of hydrogen-bond acceptors (Lipinski definition) is 4. The summed E-state index contributed by atoms with van der Waals surface area (Å²) in [6, 6.07) is 16.1. The maximum atomic E-state index is 13.2. The van der Waals surface area contributed by atoms with Crippen LogP contribution in [0.2, 0.25) is 5.02 Å². The Bertz CT molecular complexity index is 885. The van der Waals surface area contributed by atoms with Gasteiger partial charge < -0.3 is 5.32 Å². The van der Waals surface area contributed by atoms with Gasteiger partial charge in [-0.2, -0.15) is 0 Å². The first kappa shape index (κ1) is 20.8. The van der Waals surface area contributed by atoms with E-state index in [4.69, 9.17) is 23.8 Å². The molecule has 7 heteroatoms. The van der Waals surface area contributed by atoms with Crippen LogP contribution in [0.5, 0.6) is 0 Å². The Morgan fingerprint density at radius 2 is 1.79 bits per heavy atom. The predicted octanol–water partition coefficient (Wildman–Crippen LogP) is 4.21. The highest BCUT2D eigenvalue weighted by Gasteiger charge is 2.46. The molecule has 0 saturated carbocycles. The van der Waals surface area contributed by atoms with Gasteiger partial charge in [0.05, 0.1) is 13.0 Å². The summed E-state index contributed by atoms with van der Waals surface area (Å²) < 4.78 is -0.0182. The summed E-state index contributed by atoms with van der Waals surface area (Å²) in [7, 11) is 0. The molecule has 0 bridgehead atoms. The number of rotatable bonds is 5. The lowest BCUT2D eigenvalue weighted by atomic mass is 10.00. The Labute approximate surface area is 179 Å². The second-order valence-electron chi connectivity index (χ2n) is 7.19. The number of hydrogen-bond donors (Lipinski definition) is 1. The lowest BCUT2D eigenvalue weighted by molar-refractivity contribution is -0.134. The molecule has 1 saturated heterocycles. The van der Waals surface area contributed by atoms with Crippen LogP contribution >= 0.6 is 35.6 Å². The third-order valence-electron chi connectivity index (χ3n) is 4.55. The van der Waals surface area contributed by atoms with Crippen molar-refractivity contribution in [3.05, 3.63) is 70.7 Å². The third-order valence-corrected chi connectivity index (χ3v) is 6.42. The SMILES string of the molecule is CC1(C)SC(=S)N(Cc2ccc(Cl)cc2)C(=O)C1NC(=O)Cc1ccccc1. The minimum absolute atomic E-state index is 0.183. The van der Waals surface area contributed by atoms with Gasteiger partial charge in [0.1, 0.15) is 10.4 Å². The normalized spacial score (nSPS) is 18.8. The Hall–Kier alpha value is -1.89. The van der Waals surface area contributed by atoms with E-state index in [1.54, 1.807) is 17.0 Å². The van der Waals surface area contributed by atoms with Gasteiger partial charge in [0.25, 0.3) is 5.91 Å². The maximum Gasteiger partial charge on any atom is 0.252 e. The molecule has 146 valence electrons. The lowest BCUT2D eigenvalue weighted by Crippen LogP contribution is -2.62. The van der Waals surface area contributed by atoms with Crippen molar-refractivity contribution in [1.82, 2.24) is 10.2 Å². The van der Waals surface area contributed by atoms with Gasteiger partial charge in [0, 0.05) is 9.77 Å². The monoisotopic (exact) mass is 432 g/mol. The molecule has 0 radical (unpaired) electrons. The van der Waals surface area contributed by atoms with Gasteiger partial charge in [-0.05, 0) is 37.1 Å². The van der Waals surface area contributed by atoms with Crippen LogP contribution in [0.15, 0.2) is 54.6 Å². The molecule has 1 heterocycles. The number of halogens is 1. The van der Waals surface area contributed by atoms with Crippen LogP contribution in [0.4, 0.5) is 0 Å². The van der Waals surface area contributed by atoms with E-state index in [0.717, 1.165) is 11.1 Å². The fourth-order valence-corrected chi connectivity index (χ4v) is 4.94. The molecule has 0 spiro atoms. The van der Waals surface area contributed by atoms with Crippen molar-refractivity contribution in [3.8, 4) is 0 Å². The molecule has 2 amide bonds. The first-order chi connectivity index (χ1) is 13.3. The number of benzene rings is 2. The molecule has 0 aromatic heterocycles. The highest BCUT2D eigenvalue weighted by Crippen LogP contribution is 2.37. The van der Waals surface area contributed by atoms with Crippen LogP contribution in [0, 0.1) is 0 Å². The second kappa shape index (κ2) is 8.64. The Morgan fingerprint density at radius 3 is 2.43 bits per heavy atom. The standard InChI is InChI=1S/C21H21ClN2O2S2/c1-21(2)18(23-17(25)12-14-6-4-3-5-7-14)19(26)24(20(27)28-21)13-15-8-10-16(22)11-9-15/h3-11,18H,12-13H2,1-2H3,(H,23,25). The summed E-state index contributed by atoms with van der Waals surface area (Å²) >= 11 is 12.8. The first-order valence-electron chi connectivity index (χ1n) is 8.88. The van der Waals surface area contributed by atoms with Gasteiger partial charge in [-0.3, -0.25) is 14.5 Å². The fourth-order valence-electron chi connectivity index (χ4n) is 3.03. The van der Waals surface area contributed by atoms with Crippen LogP contribution in [0.3, 0.4) is 0 Å². The Balaban J connectivity index is 1.74. The van der Waals surface area contributed by atoms with Crippen LogP contribution in [-0.4, -0.2) is 31.8 Å². The summed E-state index contributed by atoms with van der Waals surface area (Å²) in [5, 5.41) is 3.56. The topological polar surface area (TPSA) is 49.4 Å². The zero-order valence-electron chi connectivity index (χ0n) is 15.6.